The predicted octanol–water partition coefficient (Wildman–Crippen LogP) is 21.2. The van der Waals surface area contributed by atoms with Crippen LogP contribution >= 0.6 is 0 Å². The molecule has 0 unspecified atom stereocenters. The van der Waals surface area contributed by atoms with Gasteiger partial charge in [0.2, 0.25) is 23.5 Å². The molecule has 1 aliphatic carbocycles. The number of rotatable bonds is 44. The average Bonchev–Trinajstić information content (AvgIpc) is 0.782. The van der Waals surface area contributed by atoms with Gasteiger partial charge in [0, 0.05) is 74.7 Å². The topological polar surface area (TPSA) is 125 Å². The van der Waals surface area contributed by atoms with E-state index in [1.807, 2.05) is 72.8 Å². The summed E-state index contributed by atoms with van der Waals surface area (Å²) >= 11 is 0. The molecular formula is C84H108N4O8. The first-order valence-electron chi connectivity index (χ1n) is 36.7. The molecule has 0 spiro atoms. The third kappa shape index (κ3) is 24.2. The Morgan fingerprint density at radius 3 is 0.625 bits per heavy atom. The zero-order valence-corrected chi connectivity index (χ0v) is 58.4. The van der Waals surface area contributed by atoms with Crippen LogP contribution in [0, 0.1) is 0 Å². The largest absolute Gasteiger partial charge is 0.493 e. The number of aromatic nitrogens is 4. The van der Waals surface area contributed by atoms with Gasteiger partial charge in [0.05, 0.1) is 26.4 Å². The molecule has 4 heterocycles. The van der Waals surface area contributed by atoms with Crippen LogP contribution in [0.1, 0.15) is 249 Å². The fourth-order valence-electron chi connectivity index (χ4n) is 12.8. The second-order valence-corrected chi connectivity index (χ2v) is 26.0. The molecule has 0 amide bonds. The molecule has 0 radical (unpaired) electrons. The molecule has 512 valence electrons. The van der Waals surface area contributed by atoms with E-state index < -0.39 is 0 Å². The third-order valence-corrected chi connectivity index (χ3v) is 17.8. The van der Waals surface area contributed by atoms with Crippen LogP contribution < -0.4 is 37.9 Å². The molecule has 0 saturated carbocycles. The van der Waals surface area contributed by atoms with E-state index in [-0.39, 0.29) is 0 Å². The molecule has 96 heavy (non-hydrogen) atoms. The number of ether oxygens (including phenoxy) is 8. The fourth-order valence-corrected chi connectivity index (χ4v) is 12.8. The molecular weight excluding hydrogens is 1190 g/mol. The molecule has 8 bridgehead atoms. The van der Waals surface area contributed by atoms with E-state index in [4.69, 9.17) is 37.9 Å². The van der Waals surface area contributed by atoms with Crippen molar-refractivity contribution in [3.63, 3.8) is 0 Å². The van der Waals surface area contributed by atoms with Crippen molar-refractivity contribution in [3.8, 4) is 46.5 Å². The van der Waals surface area contributed by atoms with E-state index in [9.17, 15) is 0 Å². The van der Waals surface area contributed by atoms with E-state index in [1.54, 1.807) is 24.8 Å². The van der Waals surface area contributed by atoms with Crippen molar-refractivity contribution in [1.29, 1.82) is 0 Å². The van der Waals surface area contributed by atoms with Crippen molar-refractivity contribution in [3.05, 3.63) is 213 Å². The van der Waals surface area contributed by atoms with Crippen LogP contribution in [0.25, 0.3) is 0 Å². The Kier molecular flexibility index (Phi) is 31.4. The molecule has 4 aromatic heterocycles. The van der Waals surface area contributed by atoms with Crippen molar-refractivity contribution in [2.45, 2.75) is 234 Å². The lowest BCUT2D eigenvalue weighted by Gasteiger charge is -2.25. The molecule has 12 nitrogen and oxygen atoms in total. The van der Waals surface area contributed by atoms with Crippen molar-refractivity contribution in [2.75, 3.05) is 26.4 Å². The van der Waals surface area contributed by atoms with E-state index in [1.165, 1.54) is 103 Å². The van der Waals surface area contributed by atoms with Gasteiger partial charge in [-0.25, -0.2) is 19.9 Å². The van der Waals surface area contributed by atoms with E-state index in [0.717, 1.165) is 141 Å². The summed E-state index contributed by atoms with van der Waals surface area (Å²) in [5.41, 5.74) is 12.4. The van der Waals surface area contributed by atoms with Crippen LogP contribution in [0.4, 0.5) is 0 Å². The summed E-state index contributed by atoms with van der Waals surface area (Å²) in [5.74, 6) is 5.77. The van der Waals surface area contributed by atoms with Crippen molar-refractivity contribution < 1.29 is 37.9 Å². The third-order valence-electron chi connectivity index (χ3n) is 17.8. The minimum Gasteiger partial charge on any atom is -0.493 e. The maximum absolute atomic E-state index is 7.38. The minimum absolute atomic E-state index is 0.298. The predicted molar refractivity (Wildman–Crippen MR) is 387 cm³/mol. The highest BCUT2D eigenvalue weighted by Gasteiger charge is 2.26. The van der Waals surface area contributed by atoms with Crippen molar-refractivity contribution >= 4 is 0 Å². The molecule has 4 aromatic carbocycles. The van der Waals surface area contributed by atoms with Crippen LogP contribution in [0.2, 0.25) is 0 Å². The molecule has 0 fully saturated rings. The van der Waals surface area contributed by atoms with Crippen LogP contribution in [0.5, 0.6) is 46.5 Å². The van der Waals surface area contributed by atoms with Crippen LogP contribution in [0.15, 0.2) is 146 Å². The Hall–Kier alpha value is -8.12. The molecule has 0 atom stereocenters. The van der Waals surface area contributed by atoms with Gasteiger partial charge in [-0.05, 0) is 165 Å². The first-order chi connectivity index (χ1) is 47.5. The highest BCUT2D eigenvalue weighted by Crippen LogP contribution is 2.42. The van der Waals surface area contributed by atoms with Gasteiger partial charge in [-0.3, -0.25) is 0 Å². The van der Waals surface area contributed by atoms with Gasteiger partial charge in [0.1, 0.15) is 49.4 Å². The summed E-state index contributed by atoms with van der Waals surface area (Å²) in [7, 11) is 0. The molecule has 0 N–H and O–H groups in total. The number of nitrogens with zero attached hydrogens (tertiary/aromatic N) is 4. The second kappa shape index (κ2) is 41.8. The number of hydrogen-bond donors (Lipinski definition) is 0. The summed E-state index contributed by atoms with van der Waals surface area (Å²) in [4.78, 5) is 18.4. The lowest BCUT2D eigenvalue weighted by atomic mass is 9.88. The number of pyridine rings is 4. The summed E-state index contributed by atoms with van der Waals surface area (Å²) in [5, 5.41) is 0. The Morgan fingerprint density at radius 2 is 0.438 bits per heavy atom. The van der Waals surface area contributed by atoms with Gasteiger partial charge in [-0.1, -0.05) is 180 Å². The SMILES string of the molecule is CCCCCCCCOc1c2cc(COc3ccccn3)cc1Cc1cc(COc3ccccn3)cc(c1OCCCCCCCC)Cc1cc(COc3ccccn3)cc(c1OCCCCCCCC)Cc1cc(COc3ccccn3)cc(c1OCCCCCCCC)C2. The number of hydrogen-bond acceptors (Lipinski definition) is 12. The van der Waals surface area contributed by atoms with E-state index >= 15 is 0 Å². The minimum atomic E-state index is 0.298. The average molecular weight is 1300 g/mol. The zero-order valence-electron chi connectivity index (χ0n) is 58.4. The summed E-state index contributed by atoms with van der Waals surface area (Å²) in [6.45, 7) is 12.6. The first-order valence-corrected chi connectivity index (χ1v) is 36.7. The van der Waals surface area contributed by atoms with Crippen LogP contribution in [-0.4, -0.2) is 46.4 Å². The van der Waals surface area contributed by atoms with Crippen molar-refractivity contribution in [1.82, 2.24) is 19.9 Å². The standard InChI is InChI=1S/C84H108N4O8/c1-5-9-13-17-21-33-45-89-81-69-49-65(61-93-77-37-25-29-41-85-77)50-70(81)58-72-52-67(63-95-79-39-27-31-43-87-79)54-74(83(72)91-47-35-23-19-15-11-7-3)60-76-56-68(64-96-80-40-28-32-44-88-80)55-75(84(76)92-48-36-24-20-16-12-8-4)59-73-53-66(62-94-78-38-26-30-42-86-78)51-71(57-69)82(73)90-46-34-22-18-14-10-6-2/h25-32,37-44,49-56H,5-24,33-36,45-48,57-64H2,1-4H3. The lowest BCUT2D eigenvalue weighted by Crippen LogP contribution is -2.13. The zero-order chi connectivity index (χ0) is 66.5. The van der Waals surface area contributed by atoms with Gasteiger partial charge in [-0.2, -0.15) is 0 Å². The number of unbranched alkanes of at least 4 members (excludes halogenated alkanes) is 20. The molecule has 0 aliphatic heterocycles. The normalized spacial score (nSPS) is 11.9. The van der Waals surface area contributed by atoms with Gasteiger partial charge >= 0.3 is 0 Å². The first kappa shape index (κ1) is 72.2. The maximum atomic E-state index is 7.38. The van der Waals surface area contributed by atoms with Crippen LogP contribution in [-0.2, 0) is 52.1 Å². The Labute approximate surface area is 574 Å². The summed E-state index contributed by atoms with van der Waals surface area (Å²) < 4.78 is 55.9. The smallest absolute Gasteiger partial charge is 0.213 e. The molecule has 9 rings (SSSR count). The quantitative estimate of drug-likeness (QED) is 0.0338. The monoisotopic (exact) mass is 1300 g/mol. The molecule has 1 aliphatic rings. The molecule has 0 saturated heterocycles. The highest BCUT2D eigenvalue weighted by atomic mass is 16.5. The van der Waals surface area contributed by atoms with Crippen LogP contribution in [0.3, 0.4) is 0 Å². The van der Waals surface area contributed by atoms with Gasteiger partial charge in [0.15, 0.2) is 0 Å². The van der Waals surface area contributed by atoms with Gasteiger partial charge in [-0.15, -0.1) is 0 Å². The Balaban J connectivity index is 1.29. The number of fused-ring (bicyclic) bond motifs is 8. The fraction of sp³-hybridized carbons (Fsp3) is 0.476. The Morgan fingerprint density at radius 1 is 0.240 bits per heavy atom. The van der Waals surface area contributed by atoms with Gasteiger partial charge in [0.25, 0.3) is 0 Å². The lowest BCUT2D eigenvalue weighted by molar-refractivity contribution is 0.286. The van der Waals surface area contributed by atoms with E-state index in [0.29, 0.717) is 102 Å². The van der Waals surface area contributed by atoms with Crippen molar-refractivity contribution in [2.24, 2.45) is 0 Å². The highest BCUT2D eigenvalue weighted by molar-refractivity contribution is 5.59. The number of benzene rings is 4. The summed E-state index contributed by atoms with van der Waals surface area (Å²) in [6, 6.07) is 41.6. The maximum Gasteiger partial charge on any atom is 0.213 e. The molecule has 8 aromatic rings. The van der Waals surface area contributed by atoms with E-state index in [2.05, 4.69) is 96.2 Å². The molecule has 12 heteroatoms. The summed E-state index contributed by atoms with van der Waals surface area (Å²) in [6.07, 6.45) is 36.7. The van der Waals surface area contributed by atoms with Gasteiger partial charge < -0.3 is 37.9 Å². The Bertz CT molecular complexity index is 2930. The second-order valence-electron chi connectivity index (χ2n) is 26.0.